The minimum absolute atomic E-state index is 0.0320. The molecule has 2 heterocycles. The Morgan fingerprint density at radius 2 is 1.71 bits per heavy atom. The predicted octanol–water partition coefficient (Wildman–Crippen LogP) is 6.31. The number of allylic oxidation sites excluding steroid dienone is 1. The monoisotopic (exact) mass is 415 g/mol. The number of carbonyl (C=O) groups is 1. The Hall–Kier alpha value is -3.27. The van der Waals surface area contributed by atoms with Crippen molar-refractivity contribution in [3.8, 4) is 5.75 Å². The van der Waals surface area contributed by atoms with Crippen LogP contribution in [0.25, 0.3) is 6.08 Å². The molecule has 1 aromatic heterocycles. The van der Waals surface area contributed by atoms with Gasteiger partial charge in [0.05, 0.1) is 0 Å². The van der Waals surface area contributed by atoms with Crippen LogP contribution in [-0.4, -0.2) is 18.9 Å². The zero-order valence-corrected chi connectivity index (χ0v) is 18.0. The molecule has 0 radical (unpaired) electrons. The summed E-state index contributed by atoms with van der Waals surface area (Å²) >= 11 is 0. The second kappa shape index (κ2) is 10.2. The Kier molecular flexibility index (Phi) is 6.88. The molecule has 0 amide bonds. The van der Waals surface area contributed by atoms with Crippen LogP contribution in [0.4, 0.5) is 5.69 Å². The number of hydrogen-bond donors (Lipinski definition) is 0. The lowest BCUT2D eigenvalue weighted by atomic mass is 10.1. The van der Waals surface area contributed by atoms with Gasteiger partial charge in [-0.15, -0.1) is 0 Å². The fraction of sp³-hybridized carbons (Fsp3) is 0.296. The number of anilines is 1. The number of piperidine rings is 1. The van der Waals surface area contributed by atoms with E-state index in [0.29, 0.717) is 17.9 Å². The summed E-state index contributed by atoms with van der Waals surface area (Å²) in [4.78, 5) is 14.9. The zero-order chi connectivity index (χ0) is 21.5. The Morgan fingerprint density at radius 1 is 0.968 bits per heavy atom. The number of aryl methyl sites for hydroxylation is 1. The van der Waals surface area contributed by atoms with Gasteiger partial charge in [-0.1, -0.05) is 19.1 Å². The molecule has 1 fully saturated rings. The van der Waals surface area contributed by atoms with Gasteiger partial charge in [0.15, 0.2) is 5.78 Å². The van der Waals surface area contributed by atoms with E-state index in [0.717, 1.165) is 31.0 Å². The molecule has 1 saturated heterocycles. The number of benzene rings is 2. The van der Waals surface area contributed by atoms with Crippen LogP contribution in [0.5, 0.6) is 5.75 Å². The number of hydrogen-bond acceptors (Lipinski definition) is 4. The molecule has 0 atom stereocenters. The van der Waals surface area contributed by atoms with Crippen LogP contribution in [0.1, 0.15) is 53.6 Å². The van der Waals surface area contributed by atoms with Crippen LogP contribution in [0.15, 0.2) is 71.2 Å². The largest absolute Gasteiger partial charge is 0.486 e. The summed E-state index contributed by atoms with van der Waals surface area (Å²) in [6.45, 7) is 4.68. The van der Waals surface area contributed by atoms with Gasteiger partial charge in [-0.2, -0.15) is 0 Å². The molecule has 4 heteroatoms. The highest BCUT2D eigenvalue weighted by Gasteiger charge is 2.11. The van der Waals surface area contributed by atoms with Crippen molar-refractivity contribution in [3.05, 3.63) is 89.4 Å². The van der Waals surface area contributed by atoms with E-state index in [1.54, 1.807) is 12.2 Å². The number of rotatable bonds is 8. The van der Waals surface area contributed by atoms with Gasteiger partial charge in [-0.05, 0) is 91.9 Å². The molecule has 4 nitrogen and oxygen atoms in total. The maximum atomic E-state index is 12.5. The topological polar surface area (TPSA) is 42.7 Å². The normalized spacial score (nSPS) is 14.2. The van der Waals surface area contributed by atoms with Crippen LogP contribution in [-0.2, 0) is 13.0 Å². The third kappa shape index (κ3) is 5.66. The predicted molar refractivity (Wildman–Crippen MR) is 125 cm³/mol. The lowest BCUT2D eigenvalue weighted by molar-refractivity contribution is 0.104. The first kappa shape index (κ1) is 21.0. The van der Waals surface area contributed by atoms with Crippen LogP contribution < -0.4 is 9.64 Å². The minimum Gasteiger partial charge on any atom is -0.486 e. The average Bonchev–Trinajstić information content (AvgIpc) is 3.30. The molecule has 0 spiro atoms. The third-order valence-corrected chi connectivity index (χ3v) is 5.67. The smallest absolute Gasteiger partial charge is 0.185 e. The van der Waals surface area contributed by atoms with E-state index in [-0.39, 0.29) is 5.78 Å². The quantitative estimate of drug-likeness (QED) is 0.319. The van der Waals surface area contributed by atoms with Crippen molar-refractivity contribution in [2.24, 2.45) is 0 Å². The second-order valence-corrected chi connectivity index (χ2v) is 7.88. The molecule has 1 aliphatic heterocycles. The van der Waals surface area contributed by atoms with Gasteiger partial charge >= 0.3 is 0 Å². The molecule has 0 saturated carbocycles. The Balaban J connectivity index is 1.31. The first-order valence-electron chi connectivity index (χ1n) is 11.1. The van der Waals surface area contributed by atoms with E-state index in [1.165, 1.54) is 30.5 Å². The highest BCUT2D eigenvalue weighted by atomic mass is 16.5. The number of nitrogens with zero attached hydrogens (tertiary/aromatic N) is 1. The molecule has 3 aromatic rings. The number of carbonyl (C=O) groups excluding carboxylic acids is 1. The summed E-state index contributed by atoms with van der Waals surface area (Å²) in [6.07, 6.45) is 8.07. The van der Waals surface area contributed by atoms with Crippen LogP contribution in [0.3, 0.4) is 0 Å². The second-order valence-electron chi connectivity index (χ2n) is 7.88. The van der Waals surface area contributed by atoms with Crippen LogP contribution in [0, 0.1) is 0 Å². The standard InChI is InChI=1S/C27H29NO3/c1-2-21-6-12-24(13-7-21)30-20-26-15-14-25(31-26)16-17-27(29)22-8-10-23(11-9-22)28-18-4-3-5-19-28/h6-17H,2-5,18-20H2,1H3/b17-16+. The molecule has 160 valence electrons. The van der Waals surface area contributed by atoms with E-state index in [9.17, 15) is 4.79 Å². The first-order valence-corrected chi connectivity index (χ1v) is 11.1. The first-order chi connectivity index (χ1) is 15.2. The molecule has 1 aliphatic rings. The summed E-state index contributed by atoms with van der Waals surface area (Å²) in [5.41, 5.74) is 3.16. The van der Waals surface area contributed by atoms with Crippen LogP contribution >= 0.6 is 0 Å². The summed E-state index contributed by atoms with van der Waals surface area (Å²) in [5, 5.41) is 0. The van der Waals surface area contributed by atoms with Gasteiger partial charge in [0.2, 0.25) is 0 Å². The minimum atomic E-state index is -0.0320. The SMILES string of the molecule is CCc1ccc(OCc2ccc(/C=C/C(=O)c3ccc(N4CCCCC4)cc3)o2)cc1. The van der Waals surface area contributed by atoms with Gasteiger partial charge in [0.25, 0.3) is 0 Å². The van der Waals surface area contributed by atoms with Crippen molar-refractivity contribution in [2.45, 2.75) is 39.2 Å². The maximum Gasteiger partial charge on any atom is 0.185 e. The molecule has 0 unspecified atom stereocenters. The highest BCUT2D eigenvalue weighted by Crippen LogP contribution is 2.21. The molecule has 2 aromatic carbocycles. The molecule has 4 rings (SSSR count). The Morgan fingerprint density at radius 3 is 2.42 bits per heavy atom. The third-order valence-electron chi connectivity index (χ3n) is 5.67. The van der Waals surface area contributed by atoms with E-state index >= 15 is 0 Å². The van der Waals surface area contributed by atoms with Gasteiger partial charge < -0.3 is 14.1 Å². The summed E-state index contributed by atoms with van der Waals surface area (Å²) in [6, 6.07) is 19.7. The fourth-order valence-corrected chi connectivity index (χ4v) is 3.78. The van der Waals surface area contributed by atoms with Gasteiger partial charge in [-0.25, -0.2) is 0 Å². The van der Waals surface area contributed by atoms with E-state index in [1.807, 2.05) is 48.5 Å². The summed E-state index contributed by atoms with van der Waals surface area (Å²) in [7, 11) is 0. The van der Waals surface area contributed by atoms with Crippen molar-refractivity contribution >= 4 is 17.5 Å². The van der Waals surface area contributed by atoms with E-state index < -0.39 is 0 Å². The van der Waals surface area contributed by atoms with Crippen molar-refractivity contribution in [1.82, 2.24) is 0 Å². The lowest BCUT2D eigenvalue weighted by Gasteiger charge is -2.28. The molecular weight excluding hydrogens is 386 g/mol. The van der Waals surface area contributed by atoms with Crippen molar-refractivity contribution in [3.63, 3.8) is 0 Å². The van der Waals surface area contributed by atoms with E-state index in [2.05, 4.69) is 24.0 Å². The molecule has 31 heavy (non-hydrogen) atoms. The molecular formula is C27H29NO3. The zero-order valence-electron chi connectivity index (χ0n) is 18.0. The fourth-order valence-electron chi connectivity index (χ4n) is 3.78. The van der Waals surface area contributed by atoms with Gasteiger partial charge in [-0.3, -0.25) is 4.79 Å². The maximum absolute atomic E-state index is 12.5. The van der Waals surface area contributed by atoms with Gasteiger partial charge in [0.1, 0.15) is 23.9 Å². The number of ether oxygens (including phenoxy) is 1. The molecule has 0 bridgehead atoms. The lowest BCUT2D eigenvalue weighted by Crippen LogP contribution is -2.29. The average molecular weight is 416 g/mol. The van der Waals surface area contributed by atoms with Gasteiger partial charge in [0, 0.05) is 24.3 Å². The van der Waals surface area contributed by atoms with Crippen molar-refractivity contribution in [2.75, 3.05) is 18.0 Å². The van der Waals surface area contributed by atoms with E-state index in [4.69, 9.17) is 9.15 Å². The Bertz CT molecular complexity index is 1010. The highest BCUT2D eigenvalue weighted by molar-refractivity contribution is 6.06. The number of furan rings is 1. The summed E-state index contributed by atoms with van der Waals surface area (Å²) < 4.78 is 11.5. The number of ketones is 1. The van der Waals surface area contributed by atoms with Crippen LogP contribution in [0.2, 0.25) is 0 Å². The van der Waals surface area contributed by atoms with Crippen molar-refractivity contribution < 1.29 is 13.9 Å². The summed E-state index contributed by atoms with van der Waals surface area (Å²) in [5.74, 6) is 2.14. The van der Waals surface area contributed by atoms with Crippen molar-refractivity contribution in [1.29, 1.82) is 0 Å². The Labute approximate surface area is 184 Å². The molecule has 0 aliphatic carbocycles. The molecule has 0 N–H and O–H groups in total.